The fraction of sp³-hybridized carbons (Fsp3) is 0.316. The van der Waals surface area contributed by atoms with Gasteiger partial charge in [-0.25, -0.2) is 0 Å². The molecule has 0 aliphatic carbocycles. The van der Waals surface area contributed by atoms with Gasteiger partial charge in [0.05, 0.1) is 16.2 Å². The first-order valence-electron chi connectivity index (χ1n) is 8.40. The number of fused-ring (bicyclic) bond motifs is 1. The Bertz CT molecular complexity index is 928. The lowest BCUT2D eigenvalue weighted by molar-refractivity contribution is -0.384. The number of benzene rings is 1. The summed E-state index contributed by atoms with van der Waals surface area (Å²) in [5.41, 5.74) is -0.0605. The van der Waals surface area contributed by atoms with Gasteiger partial charge < -0.3 is 14.0 Å². The summed E-state index contributed by atoms with van der Waals surface area (Å²) in [4.78, 5) is 23.6. The summed E-state index contributed by atoms with van der Waals surface area (Å²) in [5.74, 6) is 1.00. The fourth-order valence-electron chi connectivity index (χ4n) is 2.65. The van der Waals surface area contributed by atoms with Crippen LogP contribution in [0.15, 0.2) is 47.5 Å². The first kappa shape index (κ1) is 19.2. The van der Waals surface area contributed by atoms with Crippen LogP contribution in [0, 0.1) is 10.1 Å². The molecule has 0 radical (unpaired) electrons. The van der Waals surface area contributed by atoms with Crippen molar-refractivity contribution >= 4 is 16.6 Å². The van der Waals surface area contributed by atoms with Gasteiger partial charge in [0.2, 0.25) is 5.75 Å². The molecule has 0 fully saturated rings. The highest BCUT2D eigenvalue weighted by molar-refractivity contribution is 5.89. The molecular weight excluding hydrogens is 336 g/mol. The molecule has 0 N–H and O–H groups in total. The molecule has 0 saturated heterocycles. The largest absolute Gasteiger partial charge is 0.481 e. The van der Waals surface area contributed by atoms with Gasteiger partial charge in [-0.1, -0.05) is 19.6 Å². The summed E-state index contributed by atoms with van der Waals surface area (Å²) in [6, 6.07) is 4.35. The molecule has 0 unspecified atom stereocenters. The van der Waals surface area contributed by atoms with E-state index in [1.807, 2.05) is 13.8 Å². The van der Waals surface area contributed by atoms with Gasteiger partial charge in [-0.3, -0.25) is 14.9 Å². The predicted molar refractivity (Wildman–Crippen MR) is 101 cm³/mol. The highest BCUT2D eigenvalue weighted by atomic mass is 16.6. The zero-order valence-electron chi connectivity index (χ0n) is 15.2. The minimum atomic E-state index is -0.490. The smallest absolute Gasteiger partial charge is 0.297 e. The zero-order valence-corrected chi connectivity index (χ0v) is 15.2. The van der Waals surface area contributed by atoms with E-state index < -0.39 is 10.5 Å². The molecule has 2 aromatic rings. The van der Waals surface area contributed by atoms with Crippen LogP contribution in [0.1, 0.15) is 27.2 Å². The number of nitro benzene ring substituents is 1. The lowest BCUT2D eigenvalue weighted by Gasteiger charge is -2.18. The fourth-order valence-corrected chi connectivity index (χ4v) is 2.65. The van der Waals surface area contributed by atoms with Crippen molar-refractivity contribution in [2.24, 2.45) is 0 Å². The quantitative estimate of drug-likeness (QED) is 0.306. The van der Waals surface area contributed by atoms with Crippen LogP contribution in [0.25, 0.3) is 10.9 Å². The molecular formula is C19H22N2O5. The Kier molecular flexibility index (Phi) is 6.16. The van der Waals surface area contributed by atoms with E-state index in [4.69, 9.17) is 9.47 Å². The van der Waals surface area contributed by atoms with E-state index in [-0.39, 0.29) is 23.8 Å². The highest BCUT2D eigenvalue weighted by Crippen LogP contribution is 2.36. The molecule has 1 aromatic carbocycles. The third-order valence-electron chi connectivity index (χ3n) is 3.94. The average Bonchev–Trinajstić information content (AvgIpc) is 2.64. The van der Waals surface area contributed by atoms with Gasteiger partial charge in [0, 0.05) is 30.5 Å². The van der Waals surface area contributed by atoms with Crippen LogP contribution < -0.4 is 15.0 Å². The van der Waals surface area contributed by atoms with Gasteiger partial charge >= 0.3 is 0 Å². The number of nitro groups is 1. The Hall–Kier alpha value is -3.09. The normalized spacial score (nSPS) is 11.4. The molecule has 0 saturated carbocycles. The van der Waals surface area contributed by atoms with Crippen molar-refractivity contribution in [1.29, 1.82) is 0 Å². The molecule has 0 aliphatic rings. The summed E-state index contributed by atoms with van der Waals surface area (Å²) in [7, 11) is 0. The maximum Gasteiger partial charge on any atom is 0.297 e. The molecule has 1 aromatic heterocycles. The summed E-state index contributed by atoms with van der Waals surface area (Å²) < 4.78 is 13.0. The maximum absolute atomic E-state index is 12.9. The van der Waals surface area contributed by atoms with Crippen LogP contribution in [-0.4, -0.2) is 16.1 Å². The van der Waals surface area contributed by atoms with Crippen molar-refractivity contribution in [3.63, 3.8) is 0 Å². The molecule has 0 spiro atoms. The van der Waals surface area contributed by atoms with Crippen LogP contribution >= 0.6 is 0 Å². The first-order valence-corrected chi connectivity index (χ1v) is 8.40. The lowest BCUT2D eigenvalue weighted by Crippen LogP contribution is -2.23. The van der Waals surface area contributed by atoms with Crippen molar-refractivity contribution in [3.8, 4) is 11.5 Å². The number of allylic oxidation sites excluding steroid dienone is 2. The molecule has 0 aliphatic heterocycles. The Labute approximate surface area is 151 Å². The lowest BCUT2D eigenvalue weighted by atomic mass is 10.1. The van der Waals surface area contributed by atoms with Crippen LogP contribution in [0.4, 0.5) is 5.69 Å². The molecule has 0 amide bonds. The molecule has 7 nitrogen and oxygen atoms in total. The van der Waals surface area contributed by atoms with Crippen molar-refractivity contribution < 1.29 is 14.4 Å². The van der Waals surface area contributed by atoms with Crippen LogP contribution in [0.2, 0.25) is 0 Å². The summed E-state index contributed by atoms with van der Waals surface area (Å²) in [6.45, 7) is 9.65. The zero-order chi connectivity index (χ0) is 19.3. The second-order valence-corrected chi connectivity index (χ2v) is 5.48. The summed E-state index contributed by atoms with van der Waals surface area (Å²) >= 11 is 0. The number of aryl methyl sites for hydroxylation is 1. The molecule has 0 bridgehead atoms. The number of non-ortho nitro benzene ring substituents is 1. The second-order valence-electron chi connectivity index (χ2n) is 5.48. The van der Waals surface area contributed by atoms with E-state index in [9.17, 15) is 14.9 Å². The van der Waals surface area contributed by atoms with Gasteiger partial charge in [-0.2, -0.15) is 0 Å². The molecule has 7 heteroatoms. The number of pyridine rings is 1. The van der Waals surface area contributed by atoms with Crippen molar-refractivity contribution in [2.75, 3.05) is 6.61 Å². The molecule has 2 rings (SSSR count). The molecule has 138 valence electrons. The Morgan fingerprint density at radius 3 is 2.62 bits per heavy atom. The maximum atomic E-state index is 12.9. The predicted octanol–water partition coefficient (Wildman–Crippen LogP) is 4.19. The van der Waals surface area contributed by atoms with E-state index in [0.29, 0.717) is 29.6 Å². The Balaban J connectivity index is 2.87. The van der Waals surface area contributed by atoms with Crippen LogP contribution in [0.3, 0.4) is 0 Å². The van der Waals surface area contributed by atoms with Crippen LogP contribution in [-0.2, 0) is 6.54 Å². The van der Waals surface area contributed by atoms with Gasteiger partial charge in [0.1, 0.15) is 6.61 Å². The minimum Gasteiger partial charge on any atom is -0.481 e. The highest BCUT2D eigenvalue weighted by Gasteiger charge is 2.21. The van der Waals surface area contributed by atoms with Crippen molar-refractivity contribution in [2.45, 2.75) is 33.7 Å². The monoisotopic (exact) mass is 358 g/mol. The number of rotatable bonds is 8. The van der Waals surface area contributed by atoms with Crippen molar-refractivity contribution in [1.82, 2.24) is 4.57 Å². The van der Waals surface area contributed by atoms with Gasteiger partial charge in [-0.15, -0.1) is 0 Å². The average molecular weight is 358 g/mol. The van der Waals surface area contributed by atoms with Gasteiger partial charge in [0.15, 0.2) is 5.75 Å². The van der Waals surface area contributed by atoms with Crippen LogP contribution in [0.5, 0.6) is 11.5 Å². The number of hydrogen-bond donors (Lipinski definition) is 0. The van der Waals surface area contributed by atoms with E-state index in [1.165, 1.54) is 22.8 Å². The third-order valence-corrected chi connectivity index (χ3v) is 3.94. The standard InChI is InChI=1S/C19H22N2O5/c1-5-11-25-18-17(26-14(6-2)7-3)15-10-9-13(21(23)24)12-16(15)20(8-4)19(18)22/h5-6,9-10,12H,1,7-8,11H2,2-4H3. The number of hydrogen-bond acceptors (Lipinski definition) is 5. The number of aromatic nitrogens is 1. The number of nitrogens with zero attached hydrogens (tertiary/aromatic N) is 2. The van der Waals surface area contributed by atoms with E-state index >= 15 is 0 Å². The summed E-state index contributed by atoms with van der Waals surface area (Å²) in [5, 5.41) is 11.7. The molecule has 26 heavy (non-hydrogen) atoms. The minimum absolute atomic E-state index is 0.0703. The van der Waals surface area contributed by atoms with Gasteiger partial charge in [-0.05, 0) is 26.0 Å². The van der Waals surface area contributed by atoms with E-state index in [2.05, 4.69) is 6.58 Å². The van der Waals surface area contributed by atoms with E-state index in [1.54, 1.807) is 19.1 Å². The third kappa shape index (κ3) is 3.61. The second kappa shape index (κ2) is 8.33. The van der Waals surface area contributed by atoms with Gasteiger partial charge in [0.25, 0.3) is 11.2 Å². The molecule has 1 heterocycles. The first-order chi connectivity index (χ1) is 12.5. The summed E-state index contributed by atoms with van der Waals surface area (Å²) in [6.07, 6.45) is 3.97. The van der Waals surface area contributed by atoms with E-state index in [0.717, 1.165) is 0 Å². The topological polar surface area (TPSA) is 83.6 Å². The SMILES string of the molecule is C=CCOc1c(OC(=CC)CC)c2ccc([N+](=O)[O-])cc2n(CC)c1=O. The number of ether oxygens (including phenoxy) is 2. The molecule has 0 atom stereocenters. The Morgan fingerprint density at radius 2 is 2.08 bits per heavy atom. The Morgan fingerprint density at radius 1 is 1.35 bits per heavy atom. The van der Waals surface area contributed by atoms with Crippen molar-refractivity contribution in [3.05, 3.63) is 63.2 Å².